The van der Waals surface area contributed by atoms with Crippen molar-refractivity contribution in [1.82, 2.24) is 0 Å². The number of fused-ring (bicyclic) bond motifs is 1. The first-order valence-corrected chi connectivity index (χ1v) is 15.2. The van der Waals surface area contributed by atoms with Crippen LogP contribution in [0.4, 0.5) is 8.78 Å². The number of halogens is 2. The fourth-order valence-corrected chi connectivity index (χ4v) is 8.36. The Kier molecular flexibility index (Phi) is 8.40. The SMILES string of the molecule is CCCC1CCC(c2cc3c(c(F)c2F)OC(C2CCC(C4CCC(CC)CC4)CC2)CC3)CC1. The van der Waals surface area contributed by atoms with E-state index in [0.717, 1.165) is 67.8 Å². The lowest BCUT2D eigenvalue weighted by molar-refractivity contribution is 0.0564. The lowest BCUT2D eigenvalue weighted by Gasteiger charge is -2.40. The van der Waals surface area contributed by atoms with Crippen LogP contribution in [0, 0.1) is 41.2 Å². The minimum absolute atomic E-state index is 0.0588. The molecule has 4 aliphatic rings. The van der Waals surface area contributed by atoms with Crippen LogP contribution in [0.5, 0.6) is 5.75 Å². The van der Waals surface area contributed by atoms with Crippen molar-refractivity contribution < 1.29 is 13.5 Å². The van der Waals surface area contributed by atoms with Gasteiger partial charge in [0.05, 0.1) is 0 Å². The van der Waals surface area contributed by atoms with Crippen LogP contribution in [0.2, 0.25) is 0 Å². The minimum atomic E-state index is -0.709. The van der Waals surface area contributed by atoms with Crippen LogP contribution in [0.1, 0.15) is 134 Å². The molecule has 3 aliphatic carbocycles. The first-order chi connectivity index (χ1) is 17.1. The molecule has 3 fully saturated rings. The lowest BCUT2D eigenvalue weighted by Crippen LogP contribution is -2.35. The van der Waals surface area contributed by atoms with Gasteiger partial charge in [-0.3, -0.25) is 0 Å². The number of aryl methyl sites for hydroxylation is 1. The standard InChI is InChI=1S/C32H48F2O/c1-3-5-22-8-12-25(13-9-22)28-20-27-18-19-29(35-32(27)31(34)30(28)33)26-16-14-24(15-17-26)23-10-6-21(4-2)7-11-23/h20-26,29H,3-19H2,1-2H3. The molecule has 0 amide bonds. The van der Waals surface area contributed by atoms with Crippen LogP contribution in [-0.2, 0) is 6.42 Å². The van der Waals surface area contributed by atoms with E-state index in [1.807, 2.05) is 6.07 Å². The summed E-state index contributed by atoms with van der Waals surface area (Å²) in [6.07, 6.45) is 20.7. The Morgan fingerprint density at radius 2 is 1.31 bits per heavy atom. The second kappa shape index (κ2) is 11.5. The van der Waals surface area contributed by atoms with Gasteiger partial charge in [-0.05, 0) is 130 Å². The van der Waals surface area contributed by atoms with Crippen molar-refractivity contribution in [3.05, 3.63) is 28.8 Å². The average molecular weight is 487 g/mol. The average Bonchev–Trinajstić information content (AvgIpc) is 2.91. The maximum atomic E-state index is 15.3. The largest absolute Gasteiger partial charge is 0.487 e. The van der Waals surface area contributed by atoms with Gasteiger partial charge in [0.25, 0.3) is 0 Å². The molecule has 1 heterocycles. The molecule has 5 rings (SSSR count). The van der Waals surface area contributed by atoms with Crippen LogP contribution < -0.4 is 4.74 Å². The van der Waals surface area contributed by atoms with Crippen LogP contribution in [0.25, 0.3) is 0 Å². The predicted octanol–water partition coefficient (Wildman–Crippen LogP) is 9.76. The van der Waals surface area contributed by atoms with Gasteiger partial charge in [0.2, 0.25) is 5.82 Å². The first-order valence-electron chi connectivity index (χ1n) is 15.2. The number of benzene rings is 1. The van der Waals surface area contributed by atoms with E-state index in [1.54, 1.807) is 0 Å². The number of hydrogen-bond acceptors (Lipinski definition) is 1. The van der Waals surface area contributed by atoms with Gasteiger partial charge >= 0.3 is 0 Å². The molecule has 1 aromatic carbocycles. The van der Waals surface area contributed by atoms with E-state index in [4.69, 9.17) is 4.74 Å². The highest BCUT2D eigenvalue weighted by molar-refractivity contribution is 5.43. The van der Waals surface area contributed by atoms with E-state index in [9.17, 15) is 0 Å². The van der Waals surface area contributed by atoms with E-state index < -0.39 is 11.6 Å². The van der Waals surface area contributed by atoms with Crippen molar-refractivity contribution in [2.75, 3.05) is 0 Å². The maximum absolute atomic E-state index is 15.3. The Morgan fingerprint density at radius 3 is 1.94 bits per heavy atom. The van der Waals surface area contributed by atoms with Crippen molar-refractivity contribution in [3.8, 4) is 5.75 Å². The topological polar surface area (TPSA) is 9.23 Å². The van der Waals surface area contributed by atoms with Crippen LogP contribution in [0.3, 0.4) is 0 Å². The lowest BCUT2D eigenvalue weighted by atomic mass is 9.68. The number of ether oxygens (including phenoxy) is 1. The molecule has 1 aliphatic heterocycles. The third kappa shape index (κ3) is 5.59. The molecule has 3 heteroatoms. The summed E-state index contributed by atoms with van der Waals surface area (Å²) in [7, 11) is 0. The smallest absolute Gasteiger partial charge is 0.201 e. The number of hydrogen-bond donors (Lipinski definition) is 0. The van der Waals surface area contributed by atoms with Gasteiger partial charge in [-0.2, -0.15) is 4.39 Å². The van der Waals surface area contributed by atoms with Gasteiger partial charge < -0.3 is 4.74 Å². The van der Waals surface area contributed by atoms with Gasteiger partial charge in [-0.1, -0.05) is 46.0 Å². The summed E-state index contributed by atoms with van der Waals surface area (Å²) < 4.78 is 36.8. The molecule has 196 valence electrons. The summed E-state index contributed by atoms with van der Waals surface area (Å²) in [4.78, 5) is 0. The Labute approximate surface area is 212 Å². The molecule has 0 bridgehead atoms. The van der Waals surface area contributed by atoms with Crippen molar-refractivity contribution in [1.29, 1.82) is 0 Å². The van der Waals surface area contributed by atoms with Crippen molar-refractivity contribution in [2.24, 2.45) is 29.6 Å². The molecular weight excluding hydrogens is 438 g/mol. The monoisotopic (exact) mass is 486 g/mol. The zero-order chi connectivity index (χ0) is 24.4. The molecule has 1 atom stereocenters. The van der Waals surface area contributed by atoms with Gasteiger partial charge in [0, 0.05) is 0 Å². The summed E-state index contributed by atoms with van der Waals surface area (Å²) in [5.41, 5.74) is 1.53. The number of rotatable bonds is 6. The summed E-state index contributed by atoms with van der Waals surface area (Å²) in [5.74, 6) is 3.11. The fraction of sp³-hybridized carbons (Fsp3) is 0.812. The molecule has 1 aromatic rings. The molecule has 0 spiro atoms. The fourth-order valence-electron chi connectivity index (χ4n) is 8.36. The summed E-state index contributed by atoms with van der Waals surface area (Å²) in [6.45, 7) is 4.58. The molecule has 0 N–H and O–H groups in total. The predicted molar refractivity (Wildman–Crippen MR) is 140 cm³/mol. The molecule has 1 nitrogen and oxygen atoms in total. The quantitative estimate of drug-likeness (QED) is 0.389. The summed E-state index contributed by atoms with van der Waals surface area (Å²) in [5, 5.41) is 0. The molecule has 35 heavy (non-hydrogen) atoms. The highest BCUT2D eigenvalue weighted by atomic mass is 19.2. The molecule has 0 aromatic heterocycles. The second-order valence-electron chi connectivity index (χ2n) is 12.6. The summed E-state index contributed by atoms with van der Waals surface area (Å²) in [6, 6.07) is 1.97. The van der Waals surface area contributed by atoms with Gasteiger partial charge in [0.15, 0.2) is 11.6 Å². The second-order valence-corrected chi connectivity index (χ2v) is 12.6. The Morgan fingerprint density at radius 1 is 0.714 bits per heavy atom. The van der Waals surface area contributed by atoms with Gasteiger partial charge in [-0.15, -0.1) is 0 Å². The third-order valence-electron chi connectivity index (χ3n) is 10.7. The van der Waals surface area contributed by atoms with E-state index in [0.29, 0.717) is 11.5 Å². The Balaban J connectivity index is 1.18. The van der Waals surface area contributed by atoms with Crippen LogP contribution >= 0.6 is 0 Å². The van der Waals surface area contributed by atoms with Crippen molar-refractivity contribution in [3.63, 3.8) is 0 Å². The molecule has 3 saturated carbocycles. The molecule has 0 saturated heterocycles. The van der Waals surface area contributed by atoms with Crippen molar-refractivity contribution >= 4 is 0 Å². The highest BCUT2D eigenvalue weighted by Gasteiger charge is 2.37. The first kappa shape index (κ1) is 25.5. The Hall–Kier alpha value is -1.12. The molecule has 0 radical (unpaired) electrons. The van der Waals surface area contributed by atoms with Gasteiger partial charge in [0.1, 0.15) is 6.10 Å². The van der Waals surface area contributed by atoms with Crippen molar-refractivity contribution in [2.45, 2.75) is 135 Å². The van der Waals surface area contributed by atoms with E-state index in [1.165, 1.54) is 70.6 Å². The zero-order valence-electron chi connectivity index (χ0n) is 22.3. The van der Waals surface area contributed by atoms with E-state index in [-0.39, 0.29) is 17.8 Å². The van der Waals surface area contributed by atoms with Crippen LogP contribution in [-0.4, -0.2) is 6.10 Å². The third-order valence-corrected chi connectivity index (χ3v) is 10.7. The highest BCUT2D eigenvalue weighted by Crippen LogP contribution is 2.46. The normalized spacial score (nSPS) is 35.8. The maximum Gasteiger partial charge on any atom is 0.201 e. The molecular formula is C32H48F2O. The molecule has 1 unspecified atom stereocenters. The minimum Gasteiger partial charge on any atom is -0.487 e. The van der Waals surface area contributed by atoms with Gasteiger partial charge in [-0.25, -0.2) is 4.39 Å². The summed E-state index contributed by atoms with van der Waals surface area (Å²) >= 11 is 0. The van der Waals surface area contributed by atoms with E-state index in [2.05, 4.69) is 13.8 Å². The zero-order valence-corrected chi connectivity index (χ0v) is 22.3. The van der Waals surface area contributed by atoms with E-state index >= 15 is 8.78 Å². The van der Waals surface area contributed by atoms with Crippen LogP contribution in [0.15, 0.2) is 6.07 Å². The Bertz CT molecular complexity index is 826.